The van der Waals surface area contributed by atoms with E-state index in [0.717, 1.165) is 31.0 Å². The highest BCUT2D eigenvalue weighted by molar-refractivity contribution is 6.20. The van der Waals surface area contributed by atoms with Crippen molar-refractivity contribution < 1.29 is 22.3 Å². The van der Waals surface area contributed by atoms with Crippen LogP contribution < -0.4 is 5.73 Å². The number of alkyl halides is 3. The van der Waals surface area contributed by atoms with Gasteiger partial charge in [0.2, 0.25) is 5.88 Å². The molecule has 0 bridgehead atoms. The largest absolute Gasteiger partial charge is 0.481 e. The van der Waals surface area contributed by atoms with Crippen molar-refractivity contribution in [3.05, 3.63) is 64.1 Å². The minimum atomic E-state index is -4.76. The molecule has 1 aromatic rings. The van der Waals surface area contributed by atoms with Crippen LogP contribution >= 0.6 is 0 Å². The van der Waals surface area contributed by atoms with Crippen molar-refractivity contribution in [1.82, 2.24) is 9.88 Å². The molecule has 5 nitrogen and oxygen atoms in total. The van der Waals surface area contributed by atoms with Crippen LogP contribution in [0.25, 0.3) is 5.57 Å². The first-order chi connectivity index (χ1) is 18.7. The van der Waals surface area contributed by atoms with Gasteiger partial charge in [-0.1, -0.05) is 47.1 Å². The number of nitrogen functional groups attached to an aromatic ring is 1. The lowest BCUT2D eigenvalue weighted by molar-refractivity contribution is -0.138. The van der Waals surface area contributed by atoms with Crippen LogP contribution in [0.5, 0.6) is 0 Å². The van der Waals surface area contributed by atoms with Crippen molar-refractivity contribution in [3.8, 4) is 0 Å². The zero-order valence-electron chi connectivity index (χ0n) is 25.2. The van der Waals surface area contributed by atoms with Gasteiger partial charge in [-0.15, -0.1) is 0 Å². The molecule has 0 aliphatic heterocycles. The summed E-state index contributed by atoms with van der Waals surface area (Å²) in [5.74, 6) is 0.0114. The number of pyridine rings is 1. The number of aromatic nitrogens is 1. The number of nitrogens with zero attached hydrogens (tertiary/aromatic N) is 3. The number of aliphatic imine (C=N–C) groups is 1. The summed E-state index contributed by atoms with van der Waals surface area (Å²) in [7, 11) is 3.39. The minimum absolute atomic E-state index is 0.108. The molecule has 1 heterocycles. The second-order valence-electron chi connectivity index (χ2n) is 10.8. The number of methoxy groups -OCH3 is 1. The van der Waals surface area contributed by atoms with E-state index < -0.39 is 23.3 Å². The molecule has 40 heavy (non-hydrogen) atoms. The van der Waals surface area contributed by atoms with Crippen molar-refractivity contribution in [2.45, 2.75) is 86.4 Å². The molecule has 2 atom stereocenters. The molecule has 0 radical (unpaired) electrons. The molecule has 0 aromatic carbocycles. The number of ether oxygens (including phenoxy) is 1. The van der Waals surface area contributed by atoms with E-state index in [0.29, 0.717) is 23.8 Å². The number of nitrogens with two attached hydrogens (primary N) is 1. The third-order valence-electron chi connectivity index (χ3n) is 7.54. The SMILES string of the molecule is CC/C=C(/N=C1/C(F)=C(c2nc(N)cc(C)c2C(F)(F)F)C=C/C1=C(/C)N(C)C(CCC(C)CC)C(C)C)OC. The van der Waals surface area contributed by atoms with Crippen molar-refractivity contribution in [1.29, 1.82) is 0 Å². The first-order valence-electron chi connectivity index (χ1n) is 13.9. The van der Waals surface area contributed by atoms with Gasteiger partial charge in [0.25, 0.3) is 0 Å². The number of aryl methyl sites for hydroxylation is 1. The molecule has 2 unspecified atom stereocenters. The summed E-state index contributed by atoms with van der Waals surface area (Å²) in [5.41, 5.74) is 4.87. The number of hydrogen-bond acceptors (Lipinski definition) is 5. The Kier molecular flexibility index (Phi) is 11.6. The summed E-state index contributed by atoms with van der Waals surface area (Å²) in [6.07, 6.45) is 3.53. The standard InChI is InChI=1S/C31H44F4N4O/c1-10-12-26(40-9)38-30-22(21(7)39(8)24(18(3)4)16-13-19(5)11-2)14-15-23(28(30)32)29-27(31(33,34)35)20(6)17-25(36)37-29/h12,14-15,17-19,24H,10-11,13,16H2,1-9H3,(H2,36,37)/b22-21+,26-12-,38-30+. The van der Waals surface area contributed by atoms with Crippen molar-refractivity contribution in [3.63, 3.8) is 0 Å². The summed E-state index contributed by atoms with van der Waals surface area (Å²) in [5, 5.41) is 0. The fourth-order valence-electron chi connectivity index (χ4n) is 4.93. The Bertz CT molecular complexity index is 1210. The summed E-state index contributed by atoms with van der Waals surface area (Å²) >= 11 is 0. The highest BCUT2D eigenvalue weighted by atomic mass is 19.4. The predicted octanol–water partition coefficient (Wildman–Crippen LogP) is 8.64. The molecule has 9 heteroatoms. The molecule has 0 saturated heterocycles. The topological polar surface area (TPSA) is 63.7 Å². The average molecular weight is 565 g/mol. The molecule has 1 aliphatic carbocycles. The molecule has 2 rings (SSSR count). The van der Waals surface area contributed by atoms with Crippen LogP contribution in [0, 0.1) is 18.8 Å². The number of anilines is 1. The second kappa shape index (κ2) is 14.0. The molecule has 2 N–H and O–H groups in total. The highest BCUT2D eigenvalue weighted by Gasteiger charge is 2.39. The number of halogens is 4. The molecule has 0 saturated carbocycles. The summed E-state index contributed by atoms with van der Waals surface area (Å²) in [6, 6.07) is 1.31. The molecule has 0 fully saturated rings. The fraction of sp³-hybridized carbons (Fsp3) is 0.548. The summed E-state index contributed by atoms with van der Waals surface area (Å²) in [6.45, 7) is 13.8. The lowest BCUT2D eigenvalue weighted by Crippen LogP contribution is -2.36. The number of allylic oxidation sites excluding steroid dienone is 7. The van der Waals surface area contributed by atoms with E-state index in [1.54, 1.807) is 12.2 Å². The third-order valence-corrected chi connectivity index (χ3v) is 7.54. The van der Waals surface area contributed by atoms with Crippen molar-refractivity contribution >= 4 is 17.1 Å². The van der Waals surface area contributed by atoms with E-state index >= 15 is 4.39 Å². The maximum absolute atomic E-state index is 16.4. The van der Waals surface area contributed by atoms with Crippen molar-refractivity contribution in [2.75, 3.05) is 19.9 Å². The lowest BCUT2D eigenvalue weighted by atomic mass is 9.90. The van der Waals surface area contributed by atoms with Gasteiger partial charge in [0.15, 0.2) is 5.83 Å². The van der Waals surface area contributed by atoms with E-state index in [1.165, 1.54) is 20.1 Å². The van der Waals surface area contributed by atoms with E-state index in [2.05, 4.69) is 42.6 Å². The monoisotopic (exact) mass is 564 g/mol. The van der Waals surface area contributed by atoms with Gasteiger partial charge in [-0.2, -0.15) is 13.2 Å². The van der Waals surface area contributed by atoms with E-state index in [9.17, 15) is 13.2 Å². The smallest absolute Gasteiger partial charge is 0.418 e. The zero-order chi connectivity index (χ0) is 30.4. The zero-order valence-corrected chi connectivity index (χ0v) is 25.2. The lowest BCUT2D eigenvalue weighted by Gasteiger charge is -2.36. The van der Waals surface area contributed by atoms with Crippen LogP contribution in [0.3, 0.4) is 0 Å². The quantitative estimate of drug-likeness (QED) is 0.216. The second-order valence-corrected chi connectivity index (χ2v) is 10.8. The van der Waals surface area contributed by atoms with Gasteiger partial charge in [-0.05, 0) is 68.7 Å². The summed E-state index contributed by atoms with van der Waals surface area (Å²) < 4.78 is 64.0. The van der Waals surface area contributed by atoms with Crippen LogP contribution in [-0.4, -0.2) is 35.8 Å². The van der Waals surface area contributed by atoms with Crippen LogP contribution in [0.15, 0.2) is 52.3 Å². The molecule has 0 amide bonds. The first-order valence-corrected chi connectivity index (χ1v) is 13.9. The Hall–Kier alpha value is -3.10. The van der Waals surface area contributed by atoms with Crippen LogP contribution in [0.4, 0.5) is 23.4 Å². The van der Waals surface area contributed by atoms with Crippen LogP contribution in [0.2, 0.25) is 0 Å². The third kappa shape index (κ3) is 7.76. The van der Waals surface area contributed by atoms with Gasteiger partial charge in [0, 0.05) is 29.9 Å². The molecule has 1 aromatic heterocycles. The Morgan fingerprint density at radius 2 is 1.82 bits per heavy atom. The van der Waals surface area contributed by atoms with Gasteiger partial charge in [-0.25, -0.2) is 14.4 Å². The van der Waals surface area contributed by atoms with E-state index in [1.807, 2.05) is 20.9 Å². The van der Waals surface area contributed by atoms with Crippen LogP contribution in [0.1, 0.15) is 84.0 Å². The highest BCUT2D eigenvalue weighted by Crippen LogP contribution is 2.41. The molecule has 0 spiro atoms. The van der Waals surface area contributed by atoms with Gasteiger partial charge in [-0.3, -0.25) is 0 Å². The first kappa shape index (κ1) is 33.1. The number of hydrogen-bond donors (Lipinski definition) is 1. The fourth-order valence-corrected chi connectivity index (χ4v) is 4.93. The predicted molar refractivity (Wildman–Crippen MR) is 156 cm³/mol. The Morgan fingerprint density at radius 1 is 1.18 bits per heavy atom. The summed E-state index contributed by atoms with van der Waals surface area (Å²) in [4.78, 5) is 10.5. The Labute approximate surface area is 236 Å². The Morgan fingerprint density at radius 3 is 2.35 bits per heavy atom. The van der Waals surface area contributed by atoms with Gasteiger partial charge >= 0.3 is 6.18 Å². The number of rotatable bonds is 11. The maximum atomic E-state index is 16.4. The van der Waals surface area contributed by atoms with E-state index in [4.69, 9.17) is 10.5 Å². The normalized spacial score (nSPS) is 18.4. The van der Waals surface area contributed by atoms with Gasteiger partial charge in [0.1, 0.15) is 11.5 Å². The van der Waals surface area contributed by atoms with E-state index in [-0.39, 0.29) is 34.6 Å². The molecule has 1 aliphatic rings. The minimum Gasteiger partial charge on any atom is -0.481 e. The van der Waals surface area contributed by atoms with Crippen molar-refractivity contribution in [2.24, 2.45) is 16.8 Å². The maximum Gasteiger partial charge on any atom is 0.418 e. The molecule has 222 valence electrons. The molecular formula is C31H44F4N4O. The Balaban J connectivity index is 2.80. The van der Waals surface area contributed by atoms with Crippen LogP contribution in [-0.2, 0) is 10.9 Å². The molecular weight excluding hydrogens is 520 g/mol. The van der Waals surface area contributed by atoms with Gasteiger partial charge in [0.05, 0.1) is 18.4 Å². The average Bonchev–Trinajstić information content (AvgIpc) is 2.87. The van der Waals surface area contributed by atoms with Gasteiger partial charge < -0.3 is 15.4 Å².